The number of amides is 1. The van der Waals surface area contributed by atoms with Gasteiger partial charge < -0.3 is 15.0 Å². The first-order valence-corrected chi connectivity index (χ1v) is 11.8. The van der Waals surface area contributed by atoms with Crippen LogP contribution in [0.4, 0.5) is 5.95 Å². The minimum absolute atomic E-state index is 0.000851. The molecule has 33 heavy (non-hydrogen) atoms. The summed E-state index contributed by atoms with van der Waals surface area (Å²) in [6, 6.07) is 8.80. The molecular weight excluding hydrogens is 416 g/mol. The topological polar surface area (TPSA) is 92.1 Å². The molecule has 1 aromatic heterocycles. The fraction of sp³-hybridized carbons (Fsp3) is 0.480. The molecule has 1 unspecified atom stereocenters. The van der Waals surface area contributed by atoms with Crippen molar-refractivity contribution in [2.45, 2.75) is 44.8 Å². The van der Waals surface area contributed by atoms with E-state index in [1.807, 2.05) is 11.8 Å². The Hall–Kier alpha value is -3.13. The zero-order chi connectivity index (χ0) is 22.6. The van der Waals surface area contributed by atoms with E-state index in [9.17, 15) is 4.79 Å². The van der Waals surface area contributed by atoms with Gasteiger partial charge in [-0.05, 0) is 49.7 Å². The van der Waals surface area contributed by atoms with Gasteiger partial charge >= 0.3 is 0 Å². The predicted molar refractivity (Wildman–Crippen MR) is 128 cm³/mol. The first-order chi connectivity index (χ1) is 16.2. The Bertz CT molecular complexity index is 1020. The van der Waals surface area contributed by atoms with Crippen molar-refractivity contribution in [3.05, 3.63) is 53.3 Å². The van der Waals surface area contributed by atoms with Crippen LogP contribution in [0.15, 0.2) is 46.6 Å². The van der Waals surface area contributed by atoms with Crippen LogP contribution in [0.25, 0.3) is 0 Å². The van der Waals surface area contributed by atoms with Gasteiger partial charge in [0, 0.05) is 37.7 Å². The number of nitrogens with one attached hydrogen (secondary N) is 1. The lowest BCUT2D eigenvalue weighted by atomic mass is 9.97. The number of hydrogen-bond acceptors (Lipinski definition) is 7. The number of hydrogen-bond donors (Lipinski definition) is 1. The Morgan fingerprint density at radius 1 is 1.15 bits per heavy atom. The van der Waals surface area contributed by atoms with E-state index in [-0.39, 0.29) is 12.0 Å². The SMILES string of the molecule is CC(OCC1CCN(C(=O)c2cnc(NC3Cc4ccccc4C3)nc2)CC1)C1=NCN=C1. The fourth-order valence-electron chi connectivity index (χ4n) is 4.74. The molecule has 8 heteroatoms. The zero-order valence-corrected chi connectivity index (χ0v) is 19.0. The summed E-state index contributed by atoms with van der Waals surface area (Å²) >= 11 is 0. The standard InChI is InChI=1S/C25H30N6O2/c1-17(23-14-26-16-29-23)33-15-18-6-8-31(9-7-18)24(32)21-12-27-25(28-13-21)30-22-10-19-4-2-3-5-20(19)11-22/h2-5,12-14,17-18,22H,6-11,15-16H2,1H3,(H,27,28,30). The van der Waals surface area contributed by atoms with Gasteiger partial charge in [0.05, 0.1) is 24.0 Å². The molecule has 0 saturated carbocycles. The second kappa shape index (κ2) is 9.79. The van der Waals surface area contributed by atoms with Gasteiger partial charge in [-0.1, -0.05) is 24.3 Å². The zero-order valence-electron chi connectivity index (χ0n) is 19.0. The van der Waals surface area contributed by atoms with Crippen molar-refractivity contribution in [3.63, 3.8) is 0 Å². The number of likely N-dealkylation sites (tertiary alicyclic amines) is 1. The highest BCUT2D eigenvalue weighted by atomic mass is 16.5. The number of benzene rings is 1. The third kappa shape index (κ3) is 5.11. The summed E-state index contributed by atoms with van der Waals surface area (Å²) in [4.78, 5) is 32.1. The molecule has 1 N–H and O–H groups in total. The monoisotopic (exact) mass is 446 g/mol. The maximum atomic E-state index is 12.9. The molecule has 1 aliphatic carbocycles. The third-order valence-electron chi connectivity index (χ3n) is 6.74. The van der Waals surface area contributed by atoms with Gasteiger partial charge in [0.2, 0.25) is 5.95 Å². The molecule has 8 nitrogen and oxygen atoms in total. The maximum Gasteiger partial charge on any atom is 0.256 e. The van der Waals surface area contributed by atoms with Crippen molar-refractivity contribution in [2.24, 2.45) is 15.9 Å². The summed E-state index contributed by atoms with van der Waals surface area (Å²) in [7, 11) is 0. The molecule has 0 bridgehead atoms. The van der Waals surface area contributed by atoms with Crippen LogP contribution in [0.1, 0.15) is 41.3 Å². The summed E-state index contributed by atoms with van der Waals surface area (Å²) in [5, 5.41) is 3.40. The van der Waals surface area contributed by atoms with Gasteiger partial charge in [-0.25, -0.2) is 9.97 Å². The number of fused-ring (bicyclic) bond motifs is 1. The van der Waals surface area contributed by atoms with E-state index in [4.69, 9.17) is 4.74 Å². The number of anilines is 1. The molecule has 1 fully saturated rings. The van der Waals surface area contributed by atoms with Crippen molar-refractivity contribution in [2.75, 3.05) is 31.7 Å². The summed E-state index contributed by atoms with van der Waals surface area (Å²) in [6.07, 6.45) is 8.85. The first kappa shape index (κ1) is 21.7. The maximum absolute atomic E-state index is 12.9. The van der Waals surface area contributed by atoms with E-state index in [0.717, 1.165) is 44.5 Å². The lowest BCUT2D eigenvalue weighted by Gasteiger charge is -2.32. The average Bonchev–Trinajstić information content (AvgIpc) is 3.53. The summed E-state index contributed by atoms with van der Waals surface area (Å²) in [6.45, 7) is 4.66. The van der Waals surface area contributed by atoms with E-state index >= 15 is 0 Å². The quantitative estimate of drug-likeness (QED) is 0.706. The van der Waals surface area contributed by atoms with Crippen molar-refractivity contribution in [1.82, 2.24) is 14.9 Å². The lowest BCUT2D eigenvalue weighted by molar-refractivity contribution is 0.0445. The molecule has 1 amide bonds. The third-order valence-corrected chi connectivity index (χ3v) is 6.74. The van der Waals surface area contributed by atoms with Gasteiger partial charge in [-0.3, -0.25) is 14.8 Å². The Morgan fingerprint density at radius 3 is 2.48 bits per heavy atom. The second-order valence-electron chi connectivity index (χ2n) is 9.06. The van der Waals surface area contributed by atoms with Crippen LogP contribution < -0.4 is 5.32 Å². The highest BCUT2D eigenvalue weighted by Gasteiger charge is 2.26. The molecular formula is C25H30N6O2. The van der Waals surface area contributed by atoms with E-state index in [0.29, 0.717) is 36.7 Å². The highest BCUT2D eigenvalue weighted by molar-refractivity contribution is 6.33. The number of piperidine rings is 1. The van der Waals surface area contributed by atoms with Crippen LogP contribution in [0.3, 0.4) is 0 Å². The van der Waals surface area contributed by atoms with Crippen LogP contribution >= 0.6 is 0 Å². The van der Waals surface area contributed by atoms with Crippen molar-refractivity contribution in [1.29, 1.82) is 0 Å². The Morgan fingerprint density at radius 2 is 1.85 bits per heavy atom. The number of ether oxygens (including phenoxy) is 1. The fourth-order valence-corrected chi connectivity index (χ4v) is 4.74. The molecule has 172 valence electrons. The van der Waals surface area contributed by atoms with Gasteiger partial charge in [0.25, 0.3) is 5.91 Å². The van der Waals surface area contributed by atoms with Gasteiger partial charge in [0.15, 0.2) is 0 Å². The van der Waals surface area contributed by atoms with Crippen LogP contribution in [-0.2, 0) is 17.6 Å². The van der Waals surface area contributed by atoms with Crippen molar-refractivity contribution < 1.29 is 9.53 Å². The van der Waals surface area contributed by atoms with E-state index in [1.165, 1.54) is 11.1 Å². The Kier molecular flexibility index (Phi) is 6.44. The minimum atomic E-state index is -0.0291. The summed E-state index contributed by atoms with van der Waals surface area (Å²) in [5.74, 6) is 1.03. The van der Waals surface area contributed by atoms with Crippen LogP contribution in [0.5, 0.6) is 0 Å². The lowest BCUT2D eigenvalue weighted by Crippen LogP contribution is -2.40. The molecule has 3 aliphatic rings. The highest BCUT2D eigenvalue weighted by Crippen LogP contribution is 2.24. The molecule has 1 atom stereocenters. The number of carbonyl (C=O) groups excluding carboxylic acids is 1. The number of nitrogens with zero attached hydrogens (tertiary/aromatic N) is 5. The van der Waals surface area contributed by atoms with Gasteiger partial charge in [0.1, 0.15) is 6.67 Å². The normalized spacial score (nSPS) is 19.4. The van der Waals surface area contributed by atoms with E-state index < -0.39 is 0 Å². The number of aliphatic imine (C=N–C) groups is 2. The van der Waals surface area contributed by atoms with E-state index in [2.05, 4.69) is 49.5 Å². The summed E-state index contributed by atoms with van der Waals surface area (Å²) < 4.78 is 5.98. The Balaban J connectivity index is 1.08. The predicted octanol–water partition coefficient (Wildman–Crippen LogP) is 2.80. The molecule has 3 heterocycles. The molecule has 2 aromatic rings. The molecule has 1 saturated heterocycles. The Labute approximate surface area is 194 Å². The number of rotatable bonds is 7. The van der Waals surface area contributed by atoms with Crippen LogP contribution in [0, 0.1) is 5.92 Å². The van der Waals surface area contributed by atoms with Crippen molar-refractivity contribution >= 4 is 23.8 Å². The largest absolute Gasteiger partial charge is 0.372 e. The molecule has 0 spiro atoms. The van der Waals surface area contributed by atoms with Crippen LogP contribution in [-0.4, -0.2) is 71.2 Å². The number of aromatic nitrogens is 2. The minimum Gasteiger partial charge on any atom is -0.372 e. The summed E-state index contributed by atoms with van der Waals surface area (Å²) in [5.41, 5.74) is 4.22. The first-order valence-electron chi connectivity index (χ1n) is 11.8. The average molecular weight is 447 g/mol. The van der Waals surface area contributed by atoms with Gasteiger partial charge in [-0.15, -0.1) is 0 Å². The van der Waals surface area contributed by atoms with Crippen molar-refractivity contribution in [3.8, 4) is 0 Å². The molecule has 1 aromatic carbocycles. The number of carbonyl (C=O) groups is 1. The molecule has 0 radical (unpaired) electrons. The molecule has 2 aliphatic heterocycles. The second-order valence-corrected chi connectivity index (χ2v) is 9.06. The van der Waals surface area contributed by atoms with Gasteiger partial charge in [-0.2, -0.15) is 0 Å². The van der Waals surface area contributed by atoms with E-state index in [1.54, 1.807) is 18.6 Å². The smallest absolute Gasteiger partial charge is 0.256 e. The van der Waals surface area contributed by atoms with Crippen LogP contribution in [0.2, 0.25) is 0 Å². The molecule has 5 rings (SSSR count).